The predicted molar refractivity (Wildman–Crippen MR) is 111 cm³/mol. The number of carbonyl (C=O) groups excluding carboxylic acids is 1. The standard InChI is InChI=1S/C23H23ClN2O/c1-15-11-16(2)14-26(13-15)23(27)19-12-22(18-8-3-5-9-20(18)24)25-21-10-6-4-7-17(19)21/h3-10,12,15-16H,11,13-14H2,1-2H3. The largest absolute Gasteiger partial charge is 0.338 e. The molecule has 0 spiro atoms. The van der Waals surface area contributed by atoms with Gasteiger partial charge in [0.15, 0.2) is 0 Å². The number of benzene rings is 2. The summed E-state index contributed by atoms with van der Waals surface area (Å²) in [6, 6.07) is 17.4. The Kier molecular flexibility index (Phi) is 4.88. The van der Waals surface area contributed by atoms with Crippen LogP contribution in [0.25, 0.3) is 22.2 Å². The van der Waals surface area contributed by atoms with Gasteiger partial charge in [-0.1, -0.05) is 61.8 Å². The van der Waals surface area contributed by atoms with Gasteiger partial charge in [0.25, 0.3) is 5.91 Å². The Bertz CT molecular complexity index is 991. The summed E-state index contributed by atoms with van der Waals surface area (Å²) in [4.78, 5) is 20.2. The van der Waals surface area contributed by atoms with Crippen molar-refractivity contribution in [2.24, 2.45) is 11.8 Å². The van der Waals surface area contributed by atoms with Gasteiger partial charge in [-0.05, 0) is 36.5 Å². The molecule has 2 unspecified atom stereocenters. The van der Waals surface area contributed by atoms with E-state index in [-0.39, 0.29) is 5.91 Å². The van der Waals surface area contributed by atoms with Gasteiger partial charge >= 0.3 is 0 Å². The van der Waals surface area contributed by atoms with Crippen molar-refractivity contribution in [3.05, 3.63) is 65.2 Å². The lowest BCUT2D eigenvalue weighted by Crippen LogP contribution is -2.42. The number of nitrogens with zero attached hydrogens (tertiary/aromatic N) is 2. The highest BCUT2D eigenvalue weighted by molar-refractivity contribution is 6.33. The minimum atomic E-state index is 0.0836. The van der Waals surface area contributed by atoms with Gasteiger partial charge in [-0.25, -0.2) is 4.98 Å². The van der Waals surface area contributed by atoms with Crippen LogP contribution in [0.3, 0.4) is 0 Å². The van der Waals surface area contributed by atoms with Crippen molar-refractivity contribution in [2.45, 2.75) is 20.3 Å². The maximum absolute atomic E-state index is 13.4. The second kappa shape index (κ2) is 7.32. The van der Waals surface area contributed by atoms with E-state index in [0.29, 0.717) is 22.4 Å². The number of likely N-dealkylation sites (tertiary alicyclic amines) is 1. The van der Waals surface area contributed by atoms with Crippen LogP contribution in [0, 0.1) is 11.8 Å². The molecule has 1 saturated heterocycles. The third kappa shape index (κ3) is 3.57. The molecule has 1 amide bonds. The van der Waals surface area contributed by atoms with E-state index in [4.69, 9.17) is 16.6 Å². The monoisotopic (exact) mass is 378 g/mol. The molecule has 0 N–H and O–H groups in total. The first-order chi connectivity index (χ1) is 13.0. The molecule has 3 nitrogen and oxygen atoms in total. The second-order valence-corrected chi connectivity index (χ2v) is 8.12. The molecule has 0 saturated carbocycles. The lowest BCUT2D eigenvalue weighted by molar-refractivity contribution is 0.0625. The molecule has 0 aliphatic carbocycles. The highest BCUT2D eigenvalue weighted by Crippen LogP contribution is 2.31. The lowest BCUT2D eigenvalue weighted by Gasteiger charge is -2.35. The van der Waals surface area contributed by atoms with Crippen LogP contribution >= 0.6 is 11.6 Å². The van der Waals surface area contributed by atoms with E-state index < -0.39 is 0 Å². The van der Waals surface area contributed by atoms with E-state index >= 15 is 0 Å². The fourth-order valence-electron chi connectivity index (χ4n) is 4.16. The van der Waals surface area contributed by atoms with Crippen molar-refractivity contribution in [2.75, 3.05) is 13.1 Å². The molecule has 138 valence electrons. The molecule has 2 aromatic carbocycles. The molecule has 2 heterocycles. The van der Waals surface area contributed by atoms with E-state index in [1.165, 1.54) is 6.42 Å². The minimum absolute atomic E-state index is 0.0836. The SMILES string of the molecule is CC1CC(C)CN(C(=O)c2cc(-c3ccccc3Cl)nc3ccccc23)C1. The molecule has 27 heavy (non-hydrogen) atoms. The number of rotatable bonds is 2. The number of fused-ring (bicyclic) bond motifs is 1. The highest BCUT2D eigenvalue weighted by atomic mass is 35.5. The third-order valence-electron chi connectivity index (χ3n) is 5.25. The summed E-state index contributed by atoms with van der Waals surface area (Å²) in [5.74, 6) is 1.13. The Morgan fingerprint density at radius 2 is 1.70 bits per heavy atom. The fraction of sp³-hybridized carbons (Fsp3) is 0.304. The van der Waals surface area contributed by atoms with Gasteiger partial charge in [0.1, 0.15) is 0 Å². The zero-order valence-electron chi connectivity index (χ0n) is 15.7. The summed E-state index contributed by atoms with van der Waals surface area (Å²) in [6.45, 7) is 6.05. The summed E-state index contributed by atoms with van der Waals surface area (Å²) < 4.78 is 0. The Balaban J connectivity index is 1.84. The fourth-order valence-corrected chi connectivity index (χ4v) is 4.39. The van der Waals surface area contributed by atoms with Crippen molar-refractivity contribution < 1.29 is 4.79 Å². The molecule has 0 radical (unpaired) electrons. The number of aromatic nitrogens is 1. The van der Waals surface area contributed by atoms with Crippen LogP contribution in [0.15, 0.2) is 54.6 Å². The topological polar surface area (TPSA) is 33.2 Å². The summed E-state index contributed by atoms with van der Waals surface area (Å²) in [7, 11) is 0. The average molecular weight is 379 g/mol. The number of para-hydroxylation sites is 1. The Labute approximate surface area is 165 Å². The Morgan fingerprint density at radius 1 is 1.04 bits per heavy atom. The Morgan fingerprint density at radius 3 is 2.44 bits per heavy atom. The van der Waals surface area contributed by atoms with E-state index in [9.17, 15) is 4.79 Å². The van der Waals surface area contributed by atoms with E-state index in [2.05, 4.69) is 13.8 Å². The van der Waals surface area contributed by atoms with Crippen LogP contribution in [-0.4, -0.2) is 28.9 Å². The number of hydrogen-bond donors (Lipinski definition) is 0. The van der Waals surface area contributed by atoms with Gasteiger partial charge in [-0.2, -0.15) is 0 Å². The number of pyridine rings is 1. The molecule has 3 aromatic rings. The molecule has 1 fully saturated rings. The molecule has 4 heteroatoms. The van der Waals surface area contributed by atoms with E-state index in [1.54, 1.807) is 0 Å². The smallest absolute Gasteiger partial charge is 0.254 e. The summed E-state index contributed by atoms with van der Waals surface area (Å²) in [5, 5.41) is 1.53. The molecule has 2 atom stereocenters. The first-order valence-electron chi connectivity index (χ1n) is 9.47. The quantitative estimate of drug-likeness (QED) is 0.575. The first-order valence-corrected chi connectivity index (χ1v) is 9.84. The van der Waals surface area contributed by atoms with Crippen molar-refractivity contribution in [1.29, 1.82) is 0 Å². The van der Waals surface area contributed by atoms with Crippen LogP contribution in [0.4, 0.5) is 0 Å². The lowest BCUT2D eigenvalue weighted by atomic mass is 9.91. The normalized spacial score (nSPS) is 20.0. The number of hydrogen-bond acceptors (Lipinski definition) is 2. The molecular weight excluding hydrogens is 356 g/mol. The van der Waals surface area contributed by atoms with Crippen LogP contribution in [0.2, 0.25) is 5.02 Å². The third-order valence-corrected chi connectivity index (χ3v) is 5.58. The highest BCUT2D eigenvalue weighted by Gasteiger charge is 2.27. The molecule has 1 aromatic heterocycles. The van der Waals surface area contributed by atoms with Gasteiger partial charge in [-0.15, -0.1) is 0 Å². The predicted octanol–water partition coefficient (Wildman–Crippen LogP) is 5.67. The molecular formula is C23H23ClN2O. The van der Waals surface area contributed by atoms with Gasteiger partial charge in [-0.3, -0.25) is 4.79 Å². The van der Waals surface area contributed by atoms with Crippen LogP contribution in [0.5, 0.6) is 0 Å². The van der Waals surface area contributed by atoms with Crippen LogP contribution in [0.1, 0.15) is 30.6 Å². The van der Waals surface area contributed by atoms with Gasteiger partial charge < -0.3 is 4.90 Å². The van der Waals surface area contributed by atoms with E-state index in [0.717, 1.165) is 35.2 Å². The van der Waals surface area contributed by atoms with Crippen molar-refractivity contribution in [3.8, 4) is 11.3 Å². The average Bonchev–Trinajstić information content (AvgIpc) is 2.66. The second-order valence-electron chi connectivity index (χ2n) is 7.71. The van der Waals surface area contributed by atoms with Crippen LogP contribution < -0.4 is 0 Å². The maximum atomic E-state index is 13.4. The maximum Gasteiger partial charge on any atom is 0.254 e. The van der Waals surface area contributed by atoms with Crippen molar-refractivity contribution in [1.82, 2.24) is 9.88 Å². The number of amides is 1. The Hall–Kier alpha value is -2.39. The van der Waals surface area contributed by atoms with Gasteiger partial charge in [0, 0.05) is 29.1 Å². The summed E-state index contributed by atoms with van der Waals surface area (Å²) in [6.07, 6.45) is 1.17. The zero-order valence-corrected chi connectivity index (χ0v) is 16.4. The van der Waals surface area contributed by atoms with Crippen molar-refractivity contribution >= 4 is 28.4 Å². The molecule has 1 aliphatic heterocycles. The minimum Gasteiger partial charge on any atom is -0.338 e. The first kappa shape index (κ1) is 18.0. The van der Waals surface area contributed by atoms with E-state index in [1.807, 2.05) is 59.5 Å². The molecule has 1 aliphatic rings. The summed E-state index contributed by atoms with van der Waals surface area (Å²) >= 11 is 6.39. The zero-order chi connectivity index (χ0) is 19.0. The molecule has 0 bridgehead atoms. The van der Waals surface area contributed by atoms with Crippen molar-refractivity contribution in [3.63, 3.8) is 0 Å². The van der Waals surface area contributed by atoms with Gasteiger partial charge in [0.2, 0.25) is 0 Å². The number of piperidine rings is 1. The van der Waals surface area contributed by atoms with Crippen LogP contribution in [-0.2, 0) is 0 Å². The number of halogens is 1. The van der Waals surface area contributed by atoms with Gasteiger partial charge in [0.05, 0.1) is 16.8 Å². The number of carbonyl (C=O) groups is 1. The molecule has 4 rings (SSSR count). The summed E-state index contributed by atoms with van der Waals surface area (Å²) in [5.41, 5.74) is 3.10.